The Morgan fingerprint density at radius 3 is 2.36 bits per heavy atom. The Labute approximate surface area is 129 Å². The summed E-state index contributed by atoms with van der Waals surface area (Å²) in [6.45, 7) is 2.38. The van der Waals surface area contributed by atoms with Gasteiger partial charge in [0.2, 0.25) is 5.88 Å². The minimum atomic E-state index is 0.519. The van der Waals surface area contributed by atoms with Crippen molar-refractivity contribution in [2.24, 2.45) is 5.73 Å². The van der Waals surface area contributed by atoms with E-state index in [1.165, 1.54) is 0 Å². The quantitative estimate of drug-likeness (QED) is 0.796. The lowest BCUT2D eigenvalue weighted by Gasteiger charge is -2.08. The van der Waals surface area contributed by atoms with Gasteiger partial charge in [-0.05, 0) is 24.6 Å². The molecular formula is C18H17N3O. The molecule has 2 N–H and O–H groups in total. The third kappa shape index (κ3) is 3.30. The lowest BCUT2D eigenvalue weighted by atomic mass is 10.1. The Bertz CT molecular complexity index is 755. The second-order valence-corrected chi connectivity index (χ2v) is 4.95. The molecule has 0 saturated carbocycles. The Kier molecular flexibility index (Phi) is 4.12. The number of ether oxygens (including phenoxy) is 1. The molecule has 0 fully saturated rings. The third-order valence-electron chi connectivity index (χ3n) is 3.27. The standard InChI is InChI=1S/C18H17N3O/c1-13-20-17(15-5-3-2-4-6-15)11-18(21-13)22-16-9-7-14(12-19)8-10-16/h2-11H,12,19H2,1H3. The predicted octanol–water partition coefficient (Wildman–Crippen LogP) is 3.70. The van der Waals surface area contributed by atoms with Crippen LogP contribution in [-0.2, 0) is 6.54 Å². The Morgan fingerprint density at radius 2 is 1.68 bits per heavy atom. The molecule has 0 atom stereocenters. The van der Waals surface area contributed by atoms with E-state index in [4.69, 9.17) is 10.5 Å². The summed E-state index contributed by atoms with van der Waals surface area (Å²) in [7, 11) is 0. The van der Waals surface area contributed by atoms with Crippen LogP contribution in [0.25, 0.3) is 11.3 Å². The average Bonchev–Trinajstić information content (AvgIpc) is 2.56. The van der Waals surface area contributed by atoms with Gasteiger partial charge < -0.3 is 10.5 Å². The fourth-order valence-corrected chi connectivity index (χ4v) is 2.16. The van der Waals surface area contributed by atoms with Crippen LogP contribution in [0.1, 0.15) is 11.4 Å². The highest BCUT2D eigenvalue weighted by Crippen LogP contribution is 2.24. The minimum absolute atomic E-state index is 0.519. The van der Waals surface area contributed by atoms with Crippen molar-refractivity contribution in [2.45, 2.75) is 13.5 Å². The summed E-state index contributed by atoms with van der Waals surface area (Å²) in [4.78, 5) is 8.80. The molecule has 0 bridgehead atoms. The number of aryl methyl sites for hydroxylation is 1. The van der Waals surface area contributed by atoms with Crippen LogP contribution in [-0.4, -0.2) is 9.97 Å². The van der Waals surface area contributed by atoms with E-state index in [9.17, 15) is 0 Å². The van der Waals surface area contributed by atoms with Gasteiger partial charge in [-0.2, -0.15) is 4.98 Å². The summed E-state index contributed by atoms with van der Waals surface area (Å²) in [5.74, 6) is 1.94. The van der Waals surface area contributed by atoms with Gasteiger partial charge in [0.15, 0.2) is 0 Å². The maximum Gasteiger partial charge on any atom is 0.223 e. The fourth-order valence-electron chi connectivity index (χ4n) is 2.16. The molecule has 0 saturated heterocycles. The lowest BCUT2D eigenvalue weighted by Crippen LogP contribution is -1.97. The normalized spacial score (nSPS) is 10.5. The van der Waals surface area contributed by atoms with Crippen molar-refractivity contribution in [3.05, 3.63) is 72.1 Å². The van der Waals surface area contributed by atoms with Crippen molar-refractivity contribution < 1.29 is 4.74 Å². The fraction of sp³-hybridized carbons (Fsp3) is 0.111. The van der Waals surface area contributed by atoms with Gasteiger partial charge in [0.25, 0.3) is 0 Å². The molecule has 22 heavy (non-hydrogen) atoms. The summed E-state index contributed by atoms with van der Waals surface area (Å²) in [5.41, 5.74) is 8.55. The number of hydrogen-bond donors (Lipinski definition) is 1. The Morgan fingerprint density at radius 1 is 0.955 bits per heavy atom. The topological polar surface area (TPSA) is 61.0 Å². The molecule has 3 aromatic rings. The number of rotatable bonds is 4. The van der Waals surface area contributed by atoms with Crippen molar-refractivity contribution >= 4 is 0 Å². The summed E-state index contributed by atoms with van der Waals surface area (Å²) >= 11 is 0. The second kappa shape index (κ2) is 6.37. The number of benzene rings is 2. The van der Waals surface area contributed by atoms with Crippen molar-refractivity contribution in [2.75, 3.05) is 0 Å². The summed E-state index contributed by atoms with van der Waals surface area (Å²) in [6, 6.07) is 19.5. The summed E-state index contributed by atoms with van der Waals surface area (Å²) in [5, 5.41) is 0. The SMILES string of the molecule is Cc1nc(Oc2ccc(CN)cc2)cc(-c2ccccc2)n1. The Hall–Kier alpha value is -2.72. The third-order valence-corrected chi connectivity index (χ3v) is 3.27. The zero-order chi connectivity index (χ0) is 15.4. The molecule has 0 aliphatic heterocycles. The molecule has 2 aromatic carbocycles. The molecule has 0 radical (unpaired) electrons. The molecule has 0 amide bonds. The second-order valence-electron chi connectivity index (χ2n) is 4.95. The van der Waals surface area contributed by atoms with Crippen molar-refractivity contribution in [1.82, 2.24) is 9.97 Å². The van der Waals surface area contributed by atoms with Gasteiger partial charge >= 0.3 is 0 Å². The van der Waals surface area contributed by atoms with Gasteiger partial charge in [0.05, 0.1) is 5.69 Å². The molecule has 1 heterocycles. The van der Waals surface area contributed by atoms with Crippen LogP contribution >= 0.6 is 0 Å². The van der Waals surface area contributed by atoms with Crippen molar-refractivity contribution in [3.63, 3.8) is 0 Å². The molecule has 4 heteroatoms. The van der Waals surface area contributed by atoms with Crippen LogP contribution in [0, 0.1) is 6.92 Å². The van der Waals surface area contributed by atoms with E-state index in [0.29, 0.717) is 18.2 Å². The van der Waals surface area contributed by atoms with Gasteiger partial charge in [-0.25, -0.2) is 4.98 Å². The van der Waals surface area contributed by atoms with E-state index in [0.717, 1.165) is 22.6 Å². The van der Waals surface area contributed by atoms with E-state index < -0.39 is 0 Å². The number of aromatic nitrogens is 2. The van der Waals surface area contributed by atoms with E-state index >= 15 is 0 Å². The first-order chi connectivity index (χ1) is 10.7. The van der Waals surface area contributed by atoms with E-state index in [1.807, 2.05) is 67.6 Å². The van der Waals surface area contributed by atoms with E-state index in [2.05, 4.69) is 9.97 Å². The average molecular weight is 291 g/mol. The van der Waals surface area contributed by atoms with Crippen LogP contribution in [0.2, 0.25) is 0 Å². The molecule has 3 rings (SSSR count). The van der Waals surface area contributed by atoms with Gasteiger partial charge in [-0.3, -0.25) is 0 Å². The number of nitrogens with two attached hydrogens (primary N) is 1. The van der Waals surface area contributed by atoms with Gasteiger partial charge in [-0.1, -0.05) is 42.5 Å². The van der Waals surface area contributed by atoms with Crippen LogP contribution in [0.3, 0.4) is 0 Å². The zero-order valence-corrected chi connectivity index (χ0v) is 12.4. The van der Waals surface area contributed by atoms with E-state index in [-0.39, 0.29) is 0 Å². The highest BCUT2D eigenvalue weighted by atomic mass is 16.5. The highest BCUT2D eigenvalue weighted by molar-refractivity contribution is 5.59. The molecule has 0 aliphatic carbocycles. The zero-order valence-electron chi connectivity index (χ0n) is 12.4. The lowest BCUT2D eigenvalue weighted by molar-refractivity contribution is 0.460. The first-order valence-electron chi connectivity index (χ1n) is 7.12. The molecule has 1 aromatic heterocycles. The summed E-state index contributed by atoms with van der Waals surface area (Å²) in [6.07, 6.45) is 0. The first-order valence-corrected chi connectivity index (χ1v) is 7.12. The summed E-state index contributed by atoms with van der Waals surface area (Å²) < 4.78 is 5.83. The van der Waals surface area contributed by atoms with Crippen LogP contribution in [0.15, 0.2) is 60.7 Å². The molecule has 0 aliphatic rings. The maximum atomic E-state index is 5.83. The molecule has 4 nitrogen and oxygen atoms in total. The molecular weight excluding hydrogens is 274 g/mol. The van der Waals surface area contributed by atoms with E-state index in [1.54, 1.807) is 0 Å². The van der Waals surface area contributed by atoms with Gasteiger partial charge in [0.1, 0.15) is 11.6 Å². The monoisotopic (exact) mass is 291 g/mol. The maximum absolute atomic E-state index is 5.83. The van der Waals surface area contributed by atoms with Crippen molar-refractivity contribution in [3.8, 4) is 22.9 Å². The van der Waals surface area contributed by atoms with Crippen LogP contribution in [0.5, 0.6) is 11.6 Å². The van der Waals surface area contributed by atoms with Crippen molar-refractivity contribution in [1.29, 1.82) is 0 Å². The molecule has 110 valence electrons. The van der Waals surface area contributed by atoms with Gasteiger partial charge in [-0.15, -0.1) is 0 Å². The van der Waals surface area contributed by atoms with Gasteiger partial charge in [0, 0.05) is 18.2 Å². The molecule has 0 spiro atoms. The number of hydrogen-bond acceptors (Lipinski definition) is 4. The smallest absolute Gasteiger partial charge is 0.223 e. The highest BCUT2D eigenvalue weighted by Gasteiger charge is 2.06. The van der Waals surface area contributed by atoms with Crippen LogP contribution < -0.4 is 10.5 Å². The molecule has 0 unspecified atom stereocenters. The number of nitrogens with zero attached hydrogens (tertiary/aromatic N) is 2. The minimum Gasteiger partial charge on any atom is -0.439 e. The first kappa shape index (κ1) is 14.2. The van der Waals surface area contributed by atoms with Crippen LogP contribution in [0.4, 0.5) is 0 Å². The largest absolute Gasteiger partial charge is 0.439 e. The predicted molar refractivity (Wildman–Crippen MR) is 86.6 cm³/mol. The Balaban J connectivity index is 1.89.